The third-order valence-corrected chi connectivity index (χ3v) is 4.81. The third-order valence-electron chi connectivity index (χ3n) is 3.18. The minimum atomic E-state index is 0.0580. The maximum absolute atomic E-state index is 12.4. The summed E-state index contributed by atoms with van der Waals surface area (Å²) in [6.07, 6.45) is 0.388. The van der Waals surface area contributed by atoms with Gasteiger partial charge in [-0.1, -0.05) is 24.3 Å². The number of fused-ring (bicyclic) bond motifs is 1. The Kier molecular flexibility index (Phi) is 3.59. The predicted molar refractivity (Wildman–Crippen MR) is 88.4 cm³/mol. The van der Waals surface area contributed by atoms with E-state index in [9.17, 15) is 4.79 Å². The molecule has 0 amide bonds. The number of ketones is 1. The average Bonchev–Trinajstić information content (AvgIpc) is 2.83. The van der Waals surface area contributed by atoms with E-state index < -0.39 is 0 Å². The molecule has 100 valence electrons. The molecule has 0 unspecified atom stereocenters. The smallest absolute Gasteiger partial charge is 0.170 e. The van der Waals surface area contributed by atoms with E-state index in [0.29, 0.717) is 17.7 Å². The van der Waals surface area contributed by atoms with Crippen LogP contribution in [0.15, 0.2) is 52.3 Å². The molecule has 0 aliphatic heterocycles. The zero-order valence-corrected chi connectivity index (χ0v) is 13.0. The van der Waals surface area contributed by atoms with Crippen molar-refractivity contribution in [3.05, 3.63) is 62.8 Å². The van der Waals surface area contributed by atoms with Crippen LogP contribution < -0.4 is 5.73 Å². The summed E-state index contributed by atoms with van der Waals surface area (Å²) in [5.74, 6) is 0.0580. The van der Waals surface area contributed by atoms with Crippen molar-refractivity contribution in [2.45, 2.75) is 6.42 Å². The largest absolute Gasteiger partial charge is 0.398 e. The van der Waals surface area contributed by atoms with Gasteiger partial charge in [0.25, 0.3) is 0 Å². The molecule has 4 heteroatoms. The second-order valence-electron chi connectivity index (χ2n) is 4.59. The van der Waals surface area contributed by atoms with Gasteiger partial charge >= 0.3 is 0 Å². The van der Waals surface area contributed by atoms with Gasteiger partial charge in [0.15, 0.2) is 5.78 Å². The van der Waals surface area contributed by atoms with Crippen molar-refractivity contribution < 1.29 is 4.79 Å². The molecule has 0 aliphatic carbocycles. The number of benzene rings is 2. The van der Waals surface area contributed by atoms with Gasteiger partial charge in [-0.05, 0) is 51.0 Å². The monoisotopic (exact) mass is 345 g/mol. The average molecular weight is 346 g/mol. The van der Waals surface area contributed by atoms with Crippen LogP contribution in [0.1, 0.15) is 15.2 Å². The van der Waals surface area contributed by atoms with E-state index in [4.69, 9.17) is 5.73 Å². The molecule has 1 heterocycles. The number of Topliss-reactive ketones (excluding diaryl/α,β-unsaturated/α-hetero) is 1. The molecule has 0 spiro atoms. The molecule has 3 rings (SSSR count). The highest BCUT2D eigenvalue weighted by molar-refractivity contribution is 9.11. The molecular weight excluding hydrogens is 334 g/mol. The molecule has 0 radical (unpaired) electrons. The van der Waals surface area contributed by atoms with Crippen LogP contribution in [-0.2, 0) is 6.42 Å². The summed E-state index contributed by atoms with van der Waals surface area (Å²) in [6.45, 7) is 0. The van der Waals surface area contributed by atoms with E-state index in [2.05, 4.69) is 15.9 Å². The Bertz CT molecular complexity index is 794. The number of hydrogen-bond donors (Lipinski definition) is 1. The lowest BCUT2D eigenvalue weighted by Crippen LogP contribution is -2.06. The number of nitrogen functional groups attached to an aromatic ring is 1. The van der Waals surface area contributed by atoms with Gasteiger partial charge in [0.05, 0.1) is 3.79 Å². The fourth-order valence-electron chi connectivity index (χ4n) is 2.20. The van der Waals surface area contributed by atoms with Crippen LogP contribution in [0.2, 0.25) is 0 Å². The molecule has 0 fully saturated rings. The SMILES string of the molecule is Nc1cc2ccccc2cc1C(=O)Cc1ccc(Br)s1. The number of nitrogens with two attached hydrogens (primary N) is 1. The molecule has 1 aromatic heterocycles. The lowest BCUT2D eigenvalue weighted by atomic mass is 10.0. The summed E-state index contributed by atoms with van der Waals surface area (Å²) in [5, 5.41) is 2.10. The third kappa shape index (κ3) is 2.62. The molecule has 0 saturated heterocycles. The Morgan fingerprint density at radius 1 is 1.10 bits per heavy atom. The highest BCUT2D eigenvalue weighted by Gasteiger charge is 2.13. The fraction of sp³-hybridized carbons (Fsp3) is 0.0625. The first-order chi connectivity index (χ1) is 9.63. The molecule has 2 aromatic carbocycles. The number of halogens is 1. The van der Waals surface area contributed by atoms with Crippen LogP contribution in [0, 0.1) is 0 Å². The normalized spacial score (nSPS) is 10.8. The van der Waals surface area contributed by atoms with Crippen molar-refractivity contribution in [3.8, 4) is 0 Å². The van der Waals surface area contributed by atoms with Gasteiger partial charge < -0.3 is 5.73 Å². The molecule has 0 saturated carbocycles. The topological polar surface area (TPSA) is 43.1 Å². The Labute approximate surface area is 129 Å². The number of carbonyl (C=O) groups excluding carboxylic acids is 1. The molecular formula is C16H12BrNOS. The summed E-state index contributed by atoms with van der Waals surface area (Å²) >= 11 is 4.98. The number of anilines is 1. The zero-order chi connectivity index (χ0) is 14.1. The Hall–Kier alpha value is -1.65. The van der Waals surface area contributed by atoms with E-state index in [1.165, 1.54) is 0 Å². The van der Waals surface area contributed by atoms with Crippen molar-refractivity contribution in [2.75, 3.05) is 5.73 Å². The van der Waals surface area contributed by atoms with Crippen LogP contribution in [0.4, 0.5) is 5.69 Å². The van der Waals surface area contributed by atoms with Crippen molar-refractivity contribution in [3.63, 3.8) is 0 Å². The minimum absolute atomic E-state index is 0.0580. The highest BCUT2D eigenvalue weighted by Crippen LogP contribution is 2.26. The quantitative estimate of drug-likeness (QED) is 0.553. The summed E-state index contributed by atoms with van der Waals surface area (Å²) in [7, 11) is 0. The first kappa shape index (κ1) is 13.3. The lowest BCUT2D eigenvalue weighted by molar-refractivity contribution is 0.0995. The van der Waals surface area contributed by atoms with E-state index >= 15 is 0 Å². The first-order valence-electron chi connectivity index (χ1n) is 6.19. The first-order valence-corrected chi connectivity index (χ1v) is 7.80. The highest BCUT2D eigenvalue weighted by atomic mass is 79.9. The van der Waals surface area contributed by atoms with E-state index in [1.54, 1.807) is 11.3 Å². The molecule has 20 heavy (non-hydrogen) atoms. The van der Waals surface area contributed by atoms with E-state index in [-0.39, 0.29) is 5.78 Å². The van der Waals surface area contributed by atoms with Crippen LogP contribution >= 0.6 is 27.3 Å². The molecule has 0 atom stereocenters. The molecule has 2 N–H and O–H groups in total. The Balaban J connectivity index is 1.96. The van der Waals surface area contributed by atoms with Gasteiger partial charge in [0.1, 0.15) is 0 Å². The van der Waals surface area contributed by atoms with Crippen molar-refractivity contribution in [1.82, 2.24) is 0 Å². The van der Waals surface area contributed by atoms with Crippen molar-refractivity contribution in [1.29, 1.82) is 0 Å². The summed E-state index contributed by atoms with van der Waals surface area (Å²) in [6, 6.07) is 15.6. The number of hydrogen-bond acceptors (Lipinski definition) is 3. The van der Waals surface area contributed by atoms with Crippen LogP contribution in [0.5, 0.6) is 0 Å². The van der Waals surface area contributed by atoms with Gasteiger partial charge in [0, 0.05) is 22.5 Å². The number of carbonyl (C=O) groups is 1. The lowest BCUT2D eigenvalue weighted by Gasteiger charge is -2.06. The summed E-state index contributed by atoms with van der Waals surface area (Å²) in [5.41, 5.74) is 7.17. The zero-order valence-electron chi connectivity index (χ0n) is 10.6. The second-order valence-corrected chi connectivity index (χ2v) is 7.14. The van der Waals surface area contributed by atoms with E-state index in [0.717, 1.165) is 19.4 Å². The summed E-state index contributed by atoms with van der Waals surface area (Å²) in [4.78, 5) is 13.4. The maximum atomic E-state index is 12.4. The summed E-state index contributed by atoms with van der Waals surface area (Å²) < 4.78 is 1.03. The Morgan fingerprint density at radius 2 is 1.80 bits per heavy atom. The maximum Gasteiger partial charge on any atom is 0.170 e. The van der Waals surface area contributed by atoms with Gasteiger partial charge in [-0.2, -0.15) is 0 Å². The van der Waals surface area contributed by atoms with Gasteiger partial charge in [0.2, 0.25) is 0 Å². The van der Waals surface area contributed by atoms with Crippen molar-refractivity contribution in [2.24, 2.45) is 0 Å². The molecule has 2 nitrogen and oxygen atoms in total. The minimum Gasteiger partial charge on any atom is -0.398 e. The molecule has 0 aliphatic rings. The second kappa shape index (κ2) is 5.38. The number of rotatable bonds is 3. The van der Waals surface area contributed by atoms with Gasteiger partial charge in [-0.25, -0.2) is 0 Å². The van der Waals surface area contributed by atoms with Gasteiger partial charge in [-0.15, -0.1) is 11.3 Å². The standard InChI is InChI=1S/C16H12BrNOS/c17-16-6-5-12(20-16)9-15(19)13-7-10-3-1-2-4-11(10)8-14(13)18/h1-8H,9,18H2. The van der Waals surface area contributed by atoms with Crippen LogP contribution in [0.3, 0.4) is 0 Å². The van der Waals surface area contributed by atoms with Crippen LogP contribution in [-0.4, -0.2) is 5.78 Å². The van der Waals surface area contributed by atoms with Crippen LogP contribution in [0.25, 0.3) is 10.8 Å². The van der Waals surface area contributed by atoms with E-state index in [1.807, 2.05) is 48.5 Å². The number of thiophene rings is 1. The van der Waals surface area contributed by atoms with Crippen molar-refractivity contribution >= 4 is 49.5 Å². The molecule has 0 bridgehead atoms. The fourth-order valence-corrected chi connectivity index (χ4v) is 3.68. The molecule has 3 aromatic rings. The Morgan fingerprint density at radius 3 is 2.45 bits per heavy atom. The predicted octanol–water partition coefficient (Wildman–Crippen LogP) is 4.67. The van der Waals surface area contributed by atoms with Gasteiger partial charge in [-0.3, -0.25) is 4.79 Å².